The van der Waals surface area contributed by atoms with Gasteiger partial charge in [-0.15, -0.1) is 0 Å². The lowest BCUT2D eigenvalue weighted by Crippen LogP contribution is -2.42. The van der Waals surface area contributed by atoms with Crippen molar-refractivity contribution in [3.63, 3.8) is 0 Å². The second kappa shape index (κ2) is 7.58. The molecule has 5 nitrogen and oxygen atoms in total. The first-order valence-corrected chi connectivity index (χ1v) is 10.1. The van der Waals surface area contributed by atoms with E-state index in [9.17, 15) is 13.2 Å². The molecule has 2 aliphatic rings. The van der Waals surface area contributed by atoms with Crippen LogP contribution in [0.25, 0.3) is 0 Å². The lowest BCUT2D eigenvalue weighted by Gasteiger charge is -2.28. The highest BCUT2D eigenvalue weighted by molar-refractivity contribution is 7.91. The van der Waals surface area contributed by atoms with Crippen molar-refractivity contribution in [3.8, 4) is 0 Å². The third-order valence-electron chi connectivity index (χ3n) is 4.65. The van der Waals surface area contributed by atoms with Crippen LogP contribution in [0.5, 0.6) is 0 Å². The van der Waals surface area contributed by atoms with Crippen LogP contribution in [0.4, 0.5) is 0 Å². The van der Waals surface area contributed by atoms with E-state index in [0.717, 1.165) is 19.6 Å². The number of nitrogens with zero attached hydrogens (tertiary/aromatic N) is 2. The molecule has 2 rings (SSSR count). The molecule has 122 valence electrons. The minimum atomic E-state index is -2.93. The van der Waals surface area contributed by atoms with Gasteiger partial charge in [0.25, 0.3) is 0 Å². The van der Waals surface area contributed by atoms with E-state index in [4.69, 9.17) is 0 Å². The van der Waals surface area contributed by atoms with Crippen molar-refractivity contribution in [2.24, 2.45) is 0 Å². The number of carbonyl (C=O) groups excluding carboxylic acids is 1. The molecule has 2 saturated heterocycles. The molecule has 2 fully saturated rings. The quantitative estimate of drug-likeness (QED) is 0.767. The van der Waals surface area contributed by atoms with E-state index in [1.807, 2.05) is 6.92 Å². The standard InChI is InChI=1S/C15H28N2O3S/c1-2-17(14-8-12-21(19,20)13-14)15(18)7-11-16-9-5-3-4-6-10-16/h14H,2-13H2,1H3. The monoisotopic (exact) mass is 316 g/mol. The van der Waals surface area contributed by atoms with Gasteiger partial charge in [-0.05, 0) is 39.3 Å². The smallest absolute Gasteiger partial charge is 0.224 e. The summed E-state index contributed by atoms with van der Waals surface area (Å²) >= 11 is 0. The number of hydrogen-bond acceptors (Lipinski definition) is 4. The van der Waals surface area contributed by atoms with Crippen LogP contribution in [-0.4, -0.2) is 67.9 Å². The van der Waals surface area contributed by atoms with Crippen molar-refractivity contribution >= 4 is 15.7 Å². The van der Waals surface area contributed by atoms with E-state index in [0.29, 0.717) is 19.4 Å². The Morgan fingerprint density at radius 2 is 1.86 bits per heavy atom. The zero-order valence-corrected chi connectivity index (χ0v) is 13.9. The summed E-state index contributed by atoms with van der Waals surface area (Å²) in [5.74, 6) is 0.494. The van der Waals surface area contributed by atoms with Gasteiger partial charge >= 0.3 is 0 Å². The van der Waals surface area contributed by atoms with Gasteiger partial charge in [-0.3, -0.25) is 4.79 Å². The molecule has 0 aromatic rings. The van der Waals surface area contributed by atoms with Gasteiger partial charge in [-0.2, -0.15) is 0 Å². The van der Waals surface area contributed by atoms with Crippen LogP contribution in [0.1, 0.15) is 45.4 Å². The summed E-state index contributed by atoms with van der Waals surface area (Å²) in [6.45, 7) is 5.55. The van der Waals surface area contributed by atoms with E-state index in [2.05, 4.69) is 4.90 Å². The van der Waals surface area contributed by atoms with Gasteiger partial charge < -0.3 is 9.80 Å². The Morgan fingerprint density at radius 3 is 2.38 bits per heavy atom. The van der Waals surface area contributed by atoms with Crippen LogP contribution in [0, 0.1) is 0 Å². The molecule has 1 amide bonds. The first-order valence-electron chi connectivity index (χ1n) is 8.24. The Morgan fingerprint density at radius 1 is 1.19 bits per heavy atom. The third kappa shape index (κ3) is 4.95. The van der Waals surface area contributed by atoms with E-state index in [1.54, 1.807) is 4.90 Å². The fraction of sp³-hybridized carbons (Fsp3) is 0.933. The largest absolute Gasteiger partial charge is 0.339 e. The number of hydrogen-bond donors (Lipinski definition) is 0. The zero-order chi connectivity index (χ0) is 15.3. The van der Waals surface area contributed by atoms with Gasteiger partial charge in [0.2, 0.25) is 5.91 Å². The number of sulfone groups is 1. The van der Waals surface area contributed by atoms with Crippen molar-refractivity contribution < 1.29 is 13.2 Å². The fourth-order valence-electron chi connectivity index (χ4n) is 3.42. The average Bonchev–Trinajstić information content (AvgIpc) is 2.67. The average molecular weight is 316 g/mol. The first-order chi connectivity index (χ1) is 10.0. The van der Waals surface area contributed by atoms with Crippen LogP contribution in [-0.2, 0) is 14.6 Å². The van der Waals surface area contributed by atoms with Crippen LogP contribution < -0.4 is 0 Å². The molecule has 0 radical (unpaired) electrons. The topological polar surface area (TPSA) is 57.7 Å². The predicted molar refractivity (Wildman–Crippen MR) is 84.0 cm³/mol. The number of likely N-dealkylation sites (tertiary alicyclic amines) is 1. The van der Waals surface area contributed by atoms with E-state index in [1.165, 1.54) is 25.7 Å². The van der Waals surface area contributed by atoms with Crippen molar-refractivity contribution in [2.75, 3.05) is 37.7 Å². The van der Waals surface area contributed by atoms with E-state index >= 15 is 0 Å². The Hall–Kier alpha value is -0.620. The van der Waals surface area contributed by atoms with Crippen molar-refractivity contribution in [3.05, 3.63) is 0 Å². The summed E-state index contributed by atoms with van der Waals surface area (Å²) in [6.07, 6.45) is 6.17. The van der Waals surface area contributed by atoms with Gasteiger partial charge in [0.05, 0.1) is 11.5 Å². The lowest BCUT2D eigenvalue weighted by atomic mass is 10.2. The van der Waals surface area contributed by atoms with Gasteiger partial charge in [0.15, 0.2) is 9.84 Å². The second-order valence-electron chi connectivity index (χ2n) is 6.24. The zero-order valence-electron chi connectivity index (χ0n) is 13.1. The summed E-state index contributed by atoms with van der Waals surface area (Å²) in [4.78, 5) is 16.6. The van der Waals surface area contributed by atoms with Crippen molar-refractivity contribution in [1.82, 2.24) is 9.80 Å². The Labute approximate surface area is 128 Å². The second-order valence-corrected chi connectivity index (χ2v) is 8.47. The fourth-order valence-corrected chi connectivity index (χ4v) is 5.15. The van der Waals surface area contributed by atoms with Crippen molar-refractivity contribution in [1.29, 1.82) is 0 Å². The Kier molecular flexibility index (Phi) is 6.05. The highest BCUT2D eigenvalue weighted by Gasteiger charge is 2.33. The van der Waals surface area contributed by atoms with Gasteiger partial charge in [0.1, 0.15) is 0 Å². The molecule has 0 N–H and O–H groups in total. The molecular formula is C15H28N2O3S. The van der Waals surface area contributed by atoms with Crippen LogP contribution >= 0.6 is 0 Å². The summed E-state index contributed by atoms with van der Waals surface area (Å²) in [7, 11) is -2.93. The van der Waals surface area contributed by atoms with Crippen LogP contribution in [0.2, 0.25) is 0 Å². The maximum absolute atomic E-state index is 12.4. The first kappa shape index (κ1) is 16.7. The van der Waals surface area contributed by atoms with Crippen LogP contribution in [0.3, 0.4) is 0 Å². The molecule has 1 unspecified atom stereocenters. The highest BCUT2D eigenvalue weighted by Crippen LogP contribution is 2.19. The minimum absolute atomic E-state index is 0.100. The van der Waals surface area contributed by atoms with Gasteiger partial charge in [-0.25, -0.2) is 8.42 Å². The maximum Gasteiger partial charge on any atom is 0.224 e. The normalized spacial score (nSPS) is 26.4. The van der Waals surface area contributed by atoms with Gasteiger partial charge in [-0.1, -0.05) is 12.8 Å². The molecule has 0 aromatic carbocycles. The number of carbonyl (C=O) groups is 1. The Bertz CT molecular complexity index is 442. The Balaban J connectivity index is 1.82. The molecule has 2 aliphatic heterocycles. The molecular weight excluding hydrogens is 288 g/mol. The highest BCUT2D eigenvalue weighted by atomic mass is 32.2. The molecule has 0 bridgehead atoms. The lowest BCUT2D eigenvalue weighted by molar-refractivity contribution is -0.133. The molecule has 0 aliphatic carbocycles. The summed E-state index contributed by atoms with van der Waals surface area (Å²) in [5, 5.41) is 0. The maximum atomic E-state index is 12.4. The SMILES string of the molecule is CCN(C(=O)CCN1CCCCCC1)C1CCS(=O)(=O)C1. The summed E-state index contributed by atoms with van der Waals surface area (Å²) < 4.78 is 23.2. The third-order valence-corrected chi connectivity index (χ3v) is 6.40. The van der Waals surface area contributed by atoms with E-state index < -0.39 is 9.84 Å². The molecule has 2 heterocycles. The minimum Gasteiger partial charge on any atom is -0.339 e. The molecule has 21 heavy (non-hydrogen) atoms. The number of amides is 1. The van der Waals surface area contributed by atoms with E-state index in [-0.39, 0.29) is 23.5 Å². The summed E-state index contributed by atoms with van der Waals surface area (Å²) in [6, 6.07) is -0.100. The molecule has 0 saturated carbocycles. The van der Waals surface area contributed by atoms with Crippen molar-refractivity contribution in [2.45, 2.75) is 51.5 Å². The predicted octanol–water partition coefficient (Wildman–Crippen LogP) is 1.29. The summed E-state index contributed by atoms with van der Waals surface area (Å²) in [5.41, 5.74) is 0. The number of rotatable bonds is 5. The molecule has 0 spiro atoms. The van der Waals surface area contributed by atoms with Gasteiger partial charge in [0, 0.05) is 25.6 Å². The molecule has 6 heteroatoms. The molecule has 0 aromatic heterocycles. The van der Waals surface area contributed by atoms with Crippen LogP contribution in [0.15, 0.2) is 0 Å². The molecule has 1 atom stereocenters.